The van der Waals surface area contributed by atoms with Crippen molar-refractivity contribution in [3.63, 3.8) is 0 Å². The van der Waals surface area contributed by atoms with E-state index in [1.807, 2.05) is 6.92 Å². The number of hydrogen-bond donors (Lipinski definition) is 1. The third kappa shape index (κ3) is 4.68. The second kappa shape index (κ2) is 7.95. The smallest absolute Gasteiger partial charge is 0.255 e. The van der Waals surface area contributed by atoms with Crippen molar-refractivity contribution < 1.29 is 19.4 Å². The number of aromatic hydroxyl groups is 1. The van der Waals surface area contributed by atoms with Gasteiger partial charge in [-0.05, 0) is 25.8 Å². The van der Waals surface area contributed by atoms with Gasteiger partial charge in [-0.25, -0.2) is 0 Å². The second-order valence-electron chi connectivity index (χ2n) is 4.99. The summed E-state index contributed by atoms with van der Waals surface area (Å²) in [7, 11) is 0. The van der Waals surface area contributed by atoms with E-state index in [2.05, 4.69) is 4.98 Å². The molecule has 1 aliphatic rings. The first-order chi connectivity index (χ1) is 10.2. The van der Waals surface area contributed by atoms with E-state index < -0.39 is 0 Å². The normalized spacial score (nSPS) is 16.1. The van der Waals surface area contributed by atoms with Crippen LogP contribution in [0.4, 0.5) is 0 Å². The Hall–Kier alpha value is -1.66. The number of aromatic nitrogens is 1. The molecule has 2 rings (SSSR count). The molecule has 116 valence electrons. The van der Waals surface area contributed by atoms with E-state index in [1.54, 1.807) is 4.90 Å². The van der Waals surface area contributed by atoms with Gasteiger partial charge >= 0.3 is 0 Å². The van der Waals surface area contributed by atoms with E-state index in [-0.39, 0.29) is 17.8 Å². The molecule has 1 aromatic heterocycles. The number of piperidine rings is 1. The van der Waals surface area contributed by atoms with Crippen molar-refractivity contribution >= 4 is 5.91 Å². The molecule has 1 aromatic rings. The molecule has 2 heterocycles. The summed E-state index contributed by atoms with van der Waals surface area (Å²) in [4.78, 5) is 17.9. The topological polar surface area (TPSA) is 71.9 Å². The van der Waals surface area contributed by atoms with Crippen LogP contribution in [0.5, 0.6) is 5.75 Å². The van der Waals surface area contributed by atoms with Crippen LogP contribution in [0.3, 0.4) is 0 Å². The highest BCUT2D eigenvalue weighted by molar-refractivity contribution is 5.94. The van der Waals surface area contributed by atoms with Crippen LogP contribution in [0.1, 0.15) is 30.1 Å². The van der Waals surface area contributed by atoms with Gasteiger partial charge in [0.25, 0.3) is 5.91 Å². The van der Waals surface area contributed by atoms with Crippen molar-refractivity contribution in [3.05, 3.63) is 24.0 Å². The van der Waals surface area contributed by atoms with Crippen LogP contribution in [0.25, 0.3) is 0 Å². The molecule has 0 aromatic carbocycles. The van der Waals surface area contributed by atoms with Crippen LogP contribution in [0, 0.1) is 0 Å². The molecule has 0 unspecified atom stereocenters. The molecule has 0 radical (unpaired) electrons. The lowest BCUT2D eigenvalue weighted by Gasteiger charge is -2.32. The van der Waals surface area contributed by atoms with Gasteiger partial charge in [-0.2, -0.15) is 0 Å². The molecule has 1 fully saturated rings. The molecular weight excluding hydrogens is 272 g/mol. The zero-order chi connectivity index (χ0) is 15.1. The molecular formula is C15H22N2O4. The molecule has 0 spiro atoms. The van der Waals surface area contributed by atoms with E-state index in [0.717, 1.165) is 12.8 Å². The summed E-state index contributed by atoms with van der Waals surface area (Å²) in [6.07, 6.45) is 4.63. The fourth-order valence-electron chi connectivity index (χ4n) is 2.37. The van der Waals surface area contributed by atoms with E-state index in [4.69, 9.17) is 9.47 Å². The lowest BCUT2D eigenvalue weighted by Crippen LogP contribution is -2.41. The maximum Gasteiger partial charge on any atom is 0.255 e. The maximum atomic E-state index is 12.3. The molecule has 6 nitrogen and oxygen atoms in total. The monoisotopic (exact) mass is 294 g/mol. The number of pyridine rings is 1. The summed E-state index contributed by atoms with van der Waals surface area (Å²) >= 11 is 0. The zero-order valence-corrected chi connectivity index (χ0v) is 12.3. The molecule has 1 amide bonds. The Morgan fingerprint density at radius 3 is 2.81 bits per heavy atom. The summed E-state index contributed by atoms with van der Waals surface area (Å²) in [6, 6.07) is 1.44. The molecule has 1 N–H and O–H groups in total. The number of nitrogens with zero attached hydrogens (tertiary/aromatic N) is 2. The molecule has 0 aliphatic carbocycles. The number of carbonyl (C=O) groups excluding carboxylic acids is 1. The van der Waals surface area contributed by atoms with E-state index >= 15 is 0 Å². The molecule has 1 aliphatic heterocycles. The van der Waals surface area contributed by atoms with Crippen LogP contribution >= 0.6 is 0 Å². The Balaban J connectivity index is 1.77. The van der Waals surface area contributed by atoms with E-state index in [0.29, 0.717) is 38.5 Å². The summed E-state index contributed by atoms with van der Waals surface area (Å²) < 4.78 is 11.0. The predicted molar refractivity (Wildman–Crippen MR) is 77.3 cm³/mol. The van der Waals surface area contributed by atoms with Crippen molar-refractivity contribution in [1.29, 1.82) is 0 Å². The van der Waals surface area contributed by atoms with Crippen molar-refractivity contribution in [2.75, 3.05) is 32.9 Å². The average molecular weight is 294 g/mol. The third-order valence-electron chi connectivity index (χ3n) is 3.49. The van der Waals surface area contributed by atoms with E-state index in [1.165, 1.54) is 18.5 Å². The minimum absolute atomic E-state index is 0.00925. The minimum atomic E-state index is -0.0915. The highest BCUT2D eigenvalue weighted by Crippen LogP contribution is 2.17. The van der Waals surface area contributed by atoms with Gasteiger partial charge in [-0.3, -0.25) is 9.78 Å². The number of ether oxygens (including phenoxy) is 2. The van der Waals surface area contributed by atoms with Crippen molar-refractivity contribution in [1.82, 2.24) is 9.88 Å². The van der Waals surface area contributed by atoms with Gasteiger partial charge in [-0.15, -0.1) is 0 Å². The van der Waals surface area contributed by atoms with Crippen LogP contribution in [0.2, 0.25) is 0 Å². The Kier molecular flexibility index (Phi) is 5.95. The number of carbonyl (C=O) groups is 1. The second-order valence-corrected chi connectivity index (χ2v) is 4.99. The van der Waals surface area contributed by atoms with Crippen LogP contribution in [-0.2, 0) is 9.47 Å². The first kappa shape index (κ1) is 15.7. The minimum Gasteiger partial charge on any atom is -0.506 e. The molecule has 0 saturated carbocycles. The highest BCUT2D eigenvalue weighted by atomic mass is 16.5. The summed E-state index contributed by atoms with van der Waals surface area (Å²) in [5, 5.41) is 9.38. The number of rotatable bonds is 6. The molecule has 0 bridgehead atoms. The van der Waals surface area contributed by atoms with Crippen molar-refractivity contribution in [3.8, 4) is 5.75 Å². The van der Waals surface area contributed by atoms with Gasteiger partial charge in [0.15, 0.2) is 0 Å². The fourth-order valence-corrected chi connectivity index (χ4v) is 2.37. The average Bonchev–Trinajstić information content (AvgIpc) is 2.51. The Morgan fingerprint density at radius 2 is 2.14 bits per heavy atom. The molecule has 21 heavy (non-hydrogen) atoms. The molecule has 1 saturated heterocycles. The predicted octanol–water partition coefficient (Wildman–Crippen LogP) is 1.44. The van der Waals surface area contributed by atoms with Gasteiger partial charge in [0.05, 0.1) is 31.1 Å². The van der Waals surface area contributed by atoms with Crippen LogP contribution < -0.4 is 0 Å². The lowest BCUT2D eigenvalue weighted by molar-refractivity contribution is -0.0182. The highest BCUT2D eigenvalue weighted by Gasteiger charge is 2.24. The van der Waals surface area contributed by atoms with Crippen LogP contribution in [-0.4, -0.2) is 59.9 Å². The Morgan fingerprint density at radius 1 is 1.38 bits per heavy atom. The first-order valence-electron chi connectivity index (χ1n) is 7.33. The number of amides is 1. The van der Waals surface area contributed by atoms with Gasteiger partial charge < -0.3 is 19.5 Å². The molecule has 6 heteroatoms. The SMILES string of the molecule is CCOCCOC1CCN(C(=O)c2cncc(O)c2)CC1. The Labute approximate surface area is 124 Å². The summed E-state index contributed by atoms with van der Waals surface area (Å²) in [5.41, 5.74) is 0.422. The number of hydrogen-bond acceptors (Lipinski definition) is 5. The van der Waals surface area contributed by atoms with Gasteiger partial charge in [0.1, 0.15) is 5.75 Å². The van der Waals surface area contributed by atoms with Crippen molar-refractivity contribution in [2.45, 2.75) is 25.9 Å². The number of likely N-dealkylation sites (tertiary alicyclic amines) is 1. The first-order valence-corrected chi connectivity index (χ1v) is 7.33. The Bertz CT molecular complexity index is 459. The third-order valence-corrected chi connectivity index (χ3v) is 3.49. The zero-order valence-electron chi connectivity index (χ0n) is 12.3. The standard InChI is InChI=1S/C15H22N2O4/c1-2-20-7-8-21-14-3-5-17(6-4-14)15(19)12-9-13(18)11-16-10-12/h9-11,14,18H,2-8H2,1H3. The van der Waals surface area contributed by atoms with Gasteiger partial charge in [0, 0.05) is 25.9 Å². The largest absolute Gasteiger partial charge is 0.506 e. The van der Waals surface area contributed by atoms with Crippen molar-refractivity contribution in [2.24, 2.45) is 0 Å². The quantitative estimate of drug-likeness (QED) is 0.804. The maximum absolute atomic E-state index is 12.3. The van der Waals surface area contributed by atoms with Crippen LogP contribution in [0.15, 0.2) is 18.5 Å². The molecule has 0 atom stereocenters. The van der Waals surface area contributed by atoms with Gasteiger partial charge in [-0.1, -0.05) is 0 Å². The van der Waals surface area contributed by atoms with Gasteiger partial charge in [0.2, 0.25) is 0 Å². The van der Waals surface area contributed by atoms with E-state index in [9.17, 15) is 9.90 Å². The lowest BCUT2D eigenvalue weighted by atomic mass is 10.1. The fraction of sp³-hybridized carbons (Fsp3) is 0.600. The summed E-state index contributed by atoms with van der Waals surface area (Å²) in [5.74, 6) is -0.0823. The summed E-state index contributed by atoms with van der Waals surface area (Å²) in [6.45, 7) is 5.20.